The molecule has 0 aliphatic heterocycles. The second kappa shape index (κ2) is 62.9. The number of carbonyl (C=O) groups excluding carboxylic acids is 2. The summed E-state index contributed by atoms with van der Waals surface area (Å²) in [6.07, 6.45) is 78.1. The van der Waals surface area contributed by atoms with Crippen LogP contribution >= 0.6 is 0 Å². The minimum absolute atomic E-state index is 0.0159. The van der Waals surface area contributed by atoms with E-state index in [1.54, 1.807) is 6.08 Å². The maximum absolute atomic E-state index is 12.5. The number of carbonyl (C=O) groups is 2. The highest BCUT2D eigenvalue weighted by atomic mass is 16.5. The van der Waals surface area contributed by atoms with Gasteiger partial charge in [-0.25, -0.2) is 0 Å². The van der Waals surface area contributed by atoms with Crippen LogP contribution in [0.3, 0.4) is 0 Å². The minimum atomic E-state index is -0.845. The maximum Gasteiger partial charge on any atom is 0.305 e. The van der Waals surface area contributed by atoms with Gasteiger partial charge >= 0.3 is 5.97 Å². The Bertz CT molecular complexity index is 1140. The maximum atomic E-state index is 12.5. The summed E-state index contributed by atoms with van der Waals surface area (Å²) in [6, 6.07) is -0.629. The molecule has 0 aliphatic carbocycles. The number of aliphatic hydroxyl groups excluding tert-OH is 2. The van der Waals surface area contributed by atoms with Crippen LogP contribution in [0.1, 0.15) is 367 Å². The van der Waals surface area contributed by atoms with E-state index in [4.69, 9.17) is 4.74 Å². The van der Waals surface area contributed by atoms with E-state index in [0.717, 1.165) is 38.5 Å². The van der Waals surface area contributed by atoms with Gasteiger partial charge in [-0.2, -0.15) is 0 Å². The molecule has 0 fully saturated rings. The number of amides is 1. The van der Waals surface area contributed by atoms with E-state index in [1.807, 2.05) is 6.08 Å². The van der Waals surface area contributed by atoms with Gasteiger partial charge in [0.05, 0.1) is 25.4 Å². The van der Waals surface area contributed by atoms with Crippen LogP contribution in [0.4, 0.5) is 0 Å². The summed E-state index contributed by atoms with van der Waals surface area (Å²) in [7, 11) is 0. The Kier molecular flexibility index (Phi) is 61.4. The number of nitrogens with one attached hydrogen (secondary N) is 1. The highest BCUT2D eigenvalue weighted by Crippen LogP contribution is 2.18. The Balaban J connectivity index is 3.41. The third kappa shape index (κ3) is 59.4. The monoisotopic (exact) mass is 1030 g/mol. The summed E-state index contributed by atoms with van der Waals surface area (Å²) in [6.45, 7) is 4.93. The lowest BCUT2D eigenvalue weighted by Crippen LogP contribution is -2.45. The summed E-state index contributed by atoms with van der Waals surface area (Å²) in [5.41, 5.74) is 0. The lowest BCUT2D eigenvalue weighted by Gasteiger charge is -2.20. The van der Waals surface area contributed by atoms with Crippen molar-refractivity contribution in [3.63, 3.8) is 0 Å². The summed E-state index contributed by atoms with van der Waals surface area (Å²) >= 11 is 0. The normalized spacial score (nSPS) is 12.7. The molecule has 0 saturated carbocycles. The fourth-order valence-corrected chi connectivity index (χ4v) is 10.4. The molecular weight excluding hydrogens is 899 g/mol. The fraction of sp³-hybridized carbons (Fsp3) is 0.910. The van der Waals surface area contributed by atoms with E-state index < -0.39 is 12.1 Å². The van der Waals surface area contributed by atoms with E-state index >= 15 is 0 Å². The zero-order valence-corrected chi connectivity index (χ0v) is 49.4. The Morgan fingerprint density at radius 1 is 0.370 bits per heavy atom. The molecule has 0 spiro atoms. The number of unbranched alkanes of at least 4 members (excludes halogenated alkanes) is 49. The van der Waals surface area contributed by atoms with Gasteiger partial charge in [0.1, 0.15) is 0 Å². The molecule has 6 nitrogen and oxygen atoms in total. The third-order valence-corrected chi connectivity index (χ3v) is 15.5. The molecule has 0 aliphatic rings. The molecule has 6 heteroatoms. The molecule has 432 valence electrons. The van der Waals surface area contributed by atoms with Crippen molar-refractivity contribution in [1.29, 1.82) is 0 Å². The molecule has 0 rings (SSSR count). The molecule has 1 amide bonds. The smallest absolute Gasteiger partial charge is 0.305 e. The molecule has 0 aromatic rings. The Labute approximate surface area is 456 Å². The van der Waals surface area contributed by atoms with Gasteiger partial charge in [0.25, 0.3) is 0 Å². The summed E-state index contributed by atoms with van der Waals surface area (Å²) in [5, 5.41) is 23.2. The van der Waals surface area contributed by atoms with Crippen molar-refractivity contribution < 1.29 is 24.5 Å². The highest BCUT2D eigenvalue weighted by Gasteiger charge is 2.18. The van der Waals surface area contributed by atoms with Gasteiger partial charge in [0, 0.05) is 12.8 Å². The molecule has 0 aromatic carbocycles. The fourth-order valence-electron chi connectivity index (χ4n) is 10.4. The van der Waals surface area contributed by atoms with Crippen molar-refractivity contribution in [2.75, 3.05) is 13.2 Å². The summed E-state index contributed by atoms with van der Waals surface area (Å²) < 4.78 is 5.48. The molecule has 3 N–H and O–H groups in total. The molecule has 0 heterocycles. The highest BCUT2D eigenvalue weighted by molar-refractivity contribution is 5.76. The average molecular weight is 1030 g/mol. The van der Waals surface area contributed by atoms with Crippen molar-refractivity contribution in [2.24, 2.45) is 0 Å². The molecule has 0 aromatic heterocycles. The van der Waals surface area contributed by atoms with Gasteiger partial charge in [-0.1, -0.05) is 321 Å². The number of hydrogen-bond acceptors (Lipinski definition) is 5. The standard InChI is InChI=1S/C67H129NO5/c1-3-5-7-9-11-13-15-17-18-29-32-36-39-43-47-51-55-59-65(70)64(63-69)68-66(71)60-56-52-48-44-40-37-33-30-27-25-23-21-19-20-22-24-26-28-31-34-38-42-46-50-54-58-62-73-67(72)61-57-53-49-45-41-35-16-14-12-10-8-6-4-2/h19,21,55,59,64-65,69-70H,3-18,20,22-54,56-58,60-63H2,1-2H3,(H,68,71)/b21-19-,59-55+. The van der Waals surface area contributed by atoms with Gasteiger partial charge < -0.3 is 20.3 Å². The van der Waals surface area contributed by atoms with Crippen molar-refractivity contribution in [3.05, 3.63) is 24.3 Å². The lowest BCUT2D eigenvalue weighted by molar-refractivity contribution is -0.143. The van der Waals surface area contributed by atoms with Crippen LogP contribution in [0.5, 0.6) is 0 Å². The Hall–Kier alpha value is -1.66. The predicted octanol–water partition coefficient (Wildman–Crippen LogP) is 21.0. The van der Waals surface area contributed by atoms with Crippen LogP contribution in [-0.4, -0.2) is 47.4 Å². The molecule has 2 unspecified atom stereocenters. The number of rotatable bonds is 62. The molecule has 0 bridgehead atoms. The first-order chi connectivity index (χ1) is 36.0. The number of aliphatic hydroxyl groups is 2. The van der Waals surface area contributed by atoms with Gasteiger partial charge in [0.2, 0.25) is 5.91 Å². The zero-order chi connectivity index (χ0) is 52.9. The van der Waals surface area contributed by atoms with Crippen LogP contribution in [0.25, 0.3) is 0 Å². The minimum Gasteiger partial charge on any atom is -0.466 e. The van der Waals surface area contributed by atoms with Crippen molar-refractivity contribution in [2.45, 2.75) is 379 Å². The third-order valence-electron chi connectivity index (χ3n) is 15.5. The number of esters is 1. The lowest BCUT2D eigenvalue weighted by atomic mass is 10.0. The van der Waals surface area contributed by atoms with E-state index in [9.17, 15) is 19.8 Å². The second-order valence-electron chi connectivity index (χ2n) is 22.8. The molecule has 2 atom stereocenters. The van der Waals surface area contributed by atoms with Crippen molar-refractivity contribution in [3.8, 4) is 0 Å². The van der Waals surface area contributed by atoms with Crippen LogP contribution in [0, 0.1) is 0 Å². The largest absolute Gasteiger partial charge is 0.466 e. The first-order valence-corrected chi connectivity index (χ1v) is 33.1. The topological polar surface area (TPSA) is 95.9 Å². The van der Waals surface area contributed by atoms with Crippen LogP contribution in [0.15, 0.2) is 24.3 Å². The Morgan fingerprint density at radius 2 is 0.644 bits per heavy atom. The predicted molar refractivity (Wildman–Crippen MR) is 320 cm³/mol. The van der Waals surface area contributed by atoms with Crippen LogP contribution in [0.2, 0.25) is 0 Å². The van der Waals surface area contributed by atoms with E-state index in [-0.39, 0.29) is 18.5 Å². The summed E-state index contributed by atoms with van der Waals surface area (Å²) in [5.74, 6) is -0.0512. The Morgan fingerprint density at radius 3 is 0.973 bits per heavy atom. The van der Waals surface area contributed by atoms with Gasteiger partial charge in [-0.3, -0.25) is 9.59 Å². The van der Waals surface area contributed by atoms with Gasteiger partial charge in [0.15, 0.2) is 0 Å². The zero-order valence-electron chi connectivity index (χ0n) is 49.4. The van der Waals surface area contributed by atoms with Crippen LogP contribution in [-0.2, 0) is 14.3 Å². The number of hydrogen-bond donors (Lipinski definition) is 3. The van der Waals surface area contributed by atoms with Crippen molar-refractivity contribution in [1.82, 2.24) is 5.32 Å². The molecule has 0 saturated heterocycles. The molecular formula is C67H129NO5. The van der Waals surface area contributed by atoms with Gasteiger partial charge in [-0.15, -0.1) is 0 Å². The van der Waals surface area contributed by atoms with Crippen LogP contribution < -0.4 is 5.32 Å². The summed E-state index contributed by atoms with van der Waals surface area (Å²) in [4.78, 5) is 24.5. The quantitative estimate of drug-likeness (QED) is 0.0320. The van der Waals surface area contributed by atoms with Crippen molar-refractivity contribution >= 4 is 11.9 Å². The van der Waals surface area contributed by atoms with Gasteiger partial charge in [-0.05, 0) is 57.8 Å². The first kappa shape index (κ1) is 71.3. The second-order valence-corrected chi connectivity index (χ2v) is 22.8. The SMILES string of the molecule is CCCCCCCCCCCCCCCCC/C=C/C(O)C(CO)NC(=O)CCCCCCCCCCCC/C=C\CCCCCCCCCCCCCCOC(=O)CCCCCCCCCCCCCCC. The first-order valence-electron chi connectivity index (χ1n) is 33.1. The molecule has 73 heavy (non-hydrogen) atoms. The van der Waals surface area contributed by atoms with E-state index in [2.05, 4.69) is 31.3 Å². The van der Waals surface area contributed by atoms with E-state index in [1.165, 1.54) is 302 Å². The number of allylic oxidation sites excluding steroid dienone is 3. The average Bonchev–Trinajstić information content (AvgIpc) is 3.39. The molecule has 0 radical (unpaired) electrons. The van der Waals surface area contributed by atoms with E-state index in [0.29, 0.717) is 19.4 Å². The number of ether oxygens (including phenoxy) is 1.